The number of unbranched alkanes of at least 4 members (excludes halogenated alkanes) is 8. The molecule has 8 nitrogen and oxygen atoms in total. The topological polar surface area (TPSA) is 129 Å². The SMILES string of the molecule is CCCCCOc1c2cc(N)cc1Cc1cc(O)cc(c1OCCCCC)Cc1cc(N)cc(c1OCCCCC)Cc1cc(O)cc(c1OCCCCC)C2. The molecule has 0 saturated carbocycles. The molecule has 1 aliphatic carbocycles. The molecule has 0 aliphatic heterocycles. The first-order valence-corrected chi connectivity index (χ1v) is 21.3. The summed E-state index contributed by atoms with van der Waals surface area (Å²) in [5, 5.41) is 22.6. The Labute approximate surface area is 335 Å². The van der Waals surface area contributed by atoms with Gasteiger partial charge in [0.05, 0.1) is 26.4 Å². The normalized spacial score (nSPS) is 12.4. The first kappa shape index (κ1) is 42.4. The van der Waals surface area contributed by atoms with Gasteiger partial charge >= 0.3 is 0 Å². The lowest BCUT2D eigenvalue weighted by molar-refractivity contribution is 0.294. The second kappa shape index (κ2) is 21.5. The van der Waals surface area contributed by atoms with Crippen LogP contribution in [-0.2, 0) is 25.7 Å². The highest BCUT2D eigenvalue weighted by Crippen LogP contribution is 2.42. The summed E-state index contributed by atoms with van der Waals surface area (Å²) in [5.74, 6) is 3.38. The number of fused-ring (bicyclic) bond motifs is 8. The molecule has 0 fully saturated rings. The molecule has 0 spiro atoms. The number of hydrogen-bond acceptors (Lipinski definition) is 8. The van der Waals surface area contributed by atoms with Gasteiger partial charge in [-0.05, 0) is 74.2 Å². The van der Waals surface area contributed by atoms with Crippen LogP contribution in [0.1, 0.15) is 149 Å². The highest BCUT2D eigenvalue weighted by atomic mass is 16.5. The fourth-order valence-electron chi connectivity index (χ4n) is 7.75. The minimum absolute atomic E-state index is 0.163. The second-order valence-electron chi connectivity index (χ2n) is 15.5. The lowest BCUT2D eigenvalue weighted by Gasteiger charge is -2.24. The van der Waals surface area contributed by atoms with Crippen molar-refractivity contribution in [2.75, 3.05) is 37.9 Å². The van der Waals surface area contributed by atoms with Gasteiger partial charge in [-0.2, -0.15) is 0 Å². The van der Waals surface area contributed by atoms with Crippen molar-refractivity contribution < 1.29 is 29.2 Å². The van der Waals surface area contributed by atoms with Gasteiger partial charge in [0, 0.05) is 81.6 Å². The van der Waals surface area contributed by atoms with E-state index in [2.05, 4.69) is 27.7 Å². The van der Waals surface area contributed by atoms with Crippen LogP contribution in [0.25, 0.3) is 0 Å². The van der Waals surface area contributed by atoms with Crippen molar-refractivity contribution in [1.29, 1.82) is 0 Å². The van der Waals surface area contributed by atoms with Crippen LogP contribution in [0, 0.1) is 0 Å². The Morgan fingerprint density at radius 1 is 0.375 bits per heavy atom. The van der Waals surface area contributed by atoms with E-state index in [-0.39, 0.29) is 11.5 Å². The number of benzene rings is 4. The van der Waals surface area contributed by atoms with E-state index in [4.69, 9.17) is 30.4 Å². The summed E-state index contributed by atoms with van der Waals surface area (Å²) in [4.78, 5) is 0. The number of hydrogen-bond donors (Lipinski definition) is 4. The number of aromatic hydroxyl groups is 2. The van der Waals surface area contributed by atoms with Crippen LogP contribution in [-0.4, -0.2) is 36.6 Å². The molecule has 8 bridgehead atoms. The van der Waals surface area contributed by atoms with Crippen molar-refractivity contribution in [3.8, 4) is 34.5 Å². The zero-order valence-corrected chi connectivity index (χ0v) is 34.4. The average Bonchev–Trinajstić information content (AvgIpc) is 3.15. The number of ether oxygens (including phenoxy) is 4. The van der Waals surface area contributed by atoms with Crippen LogP contribution in [0.15, 0.2) is 48.5 Å². The highest BCUT2D eigenvalue weighted by Gasteiger charge is 2.24. The van der Waals surface area contributed by atoms with E-state index in [1.807, 2.05) is 48.5 Å². The first-order valence-electron chi connectivity index (χ1n) is 21.3. The summed E-state index contributed by atoms with van der Waals surface area (Å²) in [7, 11) is 0. The Morgan fingerprint density at radius 3 is 0.804 bits per heavy atom. The zero-order chi connectivity index (χ0) is 39.9. The van der Waals surface area contributed by atoms with Gasteiger partial charge in [0.15, 0.2) is 0 Å². The predicted octanol–water partition coefficient (Wildman–Crippen LogP) is 11.2. The average molecular weight is 767 g/mol. The van der Waals surface area contributed by atoms with Crippen molar-refractivity contribution >= 4 is 11.4 Å². The molecule has 56 heavy (non-hydrogen) atoms. The van der Waals surface area contributed by atoms with Gasteiger partial charge in [-0.15, -0.1) is 0 Å². The van der Waals surface area contributed by atoms with Gasteiger partial charge in [0.1, 0.15) is 34.5 Å². The summed E-state index contributed by atoms with van der Waals surface area (Å²) >= 11 is 0. The molecule has 8 heteroatoms. The molecular weight excluding hydrogens is 701 g/mol. The number of nitrogen functional groups attached to an aromatic ring is 2. The molecule has 1 aliphatic rings. The monoisotopic (exact) mass is 766 g/mol. The van der Waals surface area contributed by atoms with Crippen molar-refractivity contribution in [1.82, 2.24) is 0 Å². The maximum absolute atomic E-state index is 11.3. The molecule has 0 saturated heterocycles. The van der Waals surface area contributed by atoms with Crippen molar-refractivity contribution in [2.24, 2.45) is 0 Å². The van der Waals surface area contributed by atoms with E-state index in [1.165, 1.54) is 0 Å². The molecule has 5 rings (SSSR count). The molecule has 0 aromatic heterocycles. The summed E-state index contributed by atoms with van der Waals surface area (Å²) in [5.41, 5.74) is 21.7. The van der Waals surface area contributed by atoms with Crippen molar-refractivity contribution in [3.05, 3.63) is 93.0 Å². The summed E-state index contributed by atoms with van der Waals surface area (Å²) < 4.78 is 26.8. The molecule has 4 aromatic rings. The van der Waals surface area contributed by atoms with Gasteiger partial charge in [-0.3, -0.25) is 0 Å². The first-order chi connectivity index (χ1) is 27.2. The van der Waals surface area contributed by atoms with E-state index in [0.717, 1.165) is 145 Å². The smallest absolute Gasteiger partial charge is 0.126 e. The molecule has 304 valence electrons. The molecule has 0 radical (unpaired) electrons. The van der Waals surface area contributed by atoms with Crippen LogP contribution >= 0.6 is 0 Å². The molecule has 6 N–H and O–H groups in total. The van der Waals surface area contributed by atoms with Crippen LogP contribution in [0.4, 0.5) is 11.4 Å². The second-order valence-corrected chi connectivity index (χ2v) is 15.5. The van der Waals surface area contributed by atoms with Crippen molar-refractivity contribution in [2.45, 2.75) is 130 Å². The molecule has 0 amide bonds. The molecule has 0 unspecified atom stereocenters. The van der Waals surface area contributed by atoms with E-state index in [1.54, 1.807) is 0 Å². The Morgan fingerprint density at radius 2 is 0.589 bits per heavy atom. The van der Waals surface area contributed by atoms with Gasteiger partial charge < -0.3 is 40.6 Å². The number of phenols is 2. The van der Waals surface area contributed by atoms with E-state index in [0.29, 0.717) is 63.5 Å². The minimum Gasteiger partial charge on any atom is -0.508 e. The lowest BCUT2D eigenvalue weighted by Crippen LogP contribution is -2.11. The largest absolute Gasteiger partial charge is 0.508 e. The minimum atomic E-state index is 0.163. The van der Waals surface area contributed by atoms with Crippen LogP contribution in [0.2, 0.25) is 0 Å². The van der Waals surface area contributed by atoms with Gasteiger partial charge in [0.2, 0.25) is 0 Å². The highest BCUT2D eigenvalue weighted by molar-refractivity contribution is 5.62. The van der Waals surface area contributed by atoms with Gasteiger partial charge in [0.25, 0.3) is 0 Å². The number of phenolic OH excluding ortho intramolecular Hbond substituents is 2. The Balaban J connectivity index is 1.77. The number of rotatable bonds is 20. The third-order valence-corrected chi connectivity index (χ3v) is 10.5. The number of anilines is 2. The molecule has 0 heterocycles. The summed E-state index contributed by atoms with van der Waals surface area (Å²) in [6.45, 7) is 11.0. The third-order valence-electron chi connectivity index (χ3n) is 10.5. The predicted molar refractivity (Wildman–Crippen MR) is 229 cm³/mol. The molecule has 0 atom stereocenters. The Kier molecular flexibility index (Phi) is 16.3. The fraction of sp³-hybridized carbons (Fsp3) is 0.500. The van der Waals surface area contributed by atoms with E-state index >= 15 is 0 Å². The van der Waals surface area contributed by atoms with E-state index in [9.17, 15) is 10.2 Å². The van der Waals surface area contributed by atoms with Crippen LogP contribution in [0.3, 0.4) is 0 Å². The fourth-order valence-corrected chi connectivity index (χ4v) is 7.75. The maximum atomic E-state index is 11.3. The van der Waals surface area contributed by atoms with E-state index < -0.39 is 0 Å². The quantitative estimate of drug-likeness (QED) is 0.0455. The Hall–Kier alpha value is -4.72. The summed E-state index contributed by atoms with van der Waals surface area (Å²) in [6, 6.07) is 15.2. The Bertz CT molecular complexity index is 1510. The number of nitrogens with two attached hydrogens (primary N) is 2. The summed E-state index contributed by atoms with van der Waals surface area (Å²) in [6.07, 6.45) is 14.0. The standard InChI is InChI=1S/C48H66N2O6/c1-5-9-13-17-53-45-33-21-37-29-43(51)31-39(47(37)55-19-15-11-7-3)23-35-27-42(50)28-36(46(35)54-18-14-10-6-2)24-40-32-44(52)30-38(22-34(45)26-41(49)25-33)48(40)56-20-16-12-8-4/h25-32,51-52H,5-24,49-50H2,1-4H3. The van der Waals surface area contributed by atoms with Crippen LogP contribution in [0.5, 0.6) is 34.5 Å². The van der Waals surface area contributed by atoms with Crippen molar-refractivity contribution in [3.63, 3.8) is 0 Å². The zero-order valence-electron chi connectivity index (χ0n) is 34.4. The van der Waals surface area contributed by atoms with Crippen LogP contribution < -0.4 is 30.4 Å². The maximum Gasteiger partial charge on any atom is 0.126 e. The molecular formula is C48H66N2O6. The van der Waals surface area contributed by atoms with Gasteiger partial charge in [-0.1, -0.05) is 79.1 Å². The van der Waals surface area contributed by atoms with Gasteiger partial charge in [-0.25, -0.2) is 0 Å². The molecule has 4 aromatic carbocycles. The lowest BCUT2D eigenvalue weighted by atomic mass is 9.90. The third kappa shape index (κ3) is 11.7.